The first-order chi connectivity index (χ1) is 8.22. The highest BCUT2D eigenvalue weighted by atomic mass is 79.9. The summed E-state index contributed by atoms with van der Waals surface area (Å²) < 4.78 is 12.5. The summed E-state index contributed by atoms with van der Waals surface area (Å²) in [6.45, 7) is 8.10. The Bertz CT molecular complexity index is 379. The smallest absolute Gasteiger partial charge is 0.102 e. The molecule has 0 aliphatic carbocycles. The summed E-state index contributed by atoms with van der Waals surface area (Å²) in [6, 6.07) is 4.21. The molecule has 1 unspecified atom stereocenters. The Hall–Kier alpha value is -0.160. The predicted molar refractivity (Wildman–Crippen MR) is 74.5 cm³/mol. The second kappa shape index (κ2) is 5.65. The van der Waals surface area contributed by atoms with E-state index in [0.29, 0.717) is 6.61 Å². The van der Waals surface area contributed by atoms with Crippen LogP contribution in [0.4, 0.5) is 0 Å². The Morgan fingerprint density at radius 3 is 2.82 bits per heavy atom. The van der Waals surface area contributed by atoms with Crippen molar-refractivity contribution in [3.8, 4) is 0 Å². The summed E-state index contributed by atoms with van der Waals surface area (Å²) in [7, 11) is 0. The average molecular weight is 317 g/mol. The van der Waals surface area contributed by atoms with Crippen LogP contribution in [0.15, 0.2) is 28.6 Å². The van der Waals surface area contributed by atoms with E-state index in [1.807, 2.05) is 0 Å². The van der Waals surface area contributed by atoms with Crippen LogP contribution in [0.3, 0.4) is 0 Å². The molecule has 0 saturated carbocycles. The monoisotopic (exact) mass is 316 g/mol. The second-order valence-electron chi connectivity index (χ2n) is 4.35. The van der Waals surface area contributed by atoms with E-state index in [9.17, 15) is 0 Å². The fraction of sp³-hybridized carbons (Fsp3) is 0.538. The molecule has 1 fully saturated rings. The largest absolute Gasteiger partial charge is 0.380 e. The summed E-state index contributed by atoms with van der Waals surface area (Å²) in [5.41, 5.74) is 0.146. The predicted octanol–water partition coefficient (Wildman–Crippen LogP) is 4.18. The van der Waals surface area contributed by atoms with Gasteiger partial charge in [-0.1, -0.05) is 13.0 Å². The molecule has 2 nitrogen and oxygen atoms in total. The topological polar surface area (TPSA) is 18.5 Å². The zero-order valence-electron chi connectivity index (χ0n) is 9.95. The Balaban J connectivity index is 2.21. The maximum Gasteiger partial charge on any atom is 0.102 e. The van der Waals surface area contributed by atoms with Crippen LogP contribution in [-0.2, 0) is 9.47 Å². The van der Waals surface area contributed by atoms with Gasteiger partial charge in [-0.3, -0.25) is 0 Å². The van der Waals surface area contributed by atoms with E-state index in [1.165, 1.54) is 4.88 Å². The molecule has 0 bridgehead atoms. The minimum Gasteiger partial charge on any atom is -0.380 e. The number of halogens is 1. The van der Waals surface area contributed by atoms with Gasteiger partial charge in [0.05, 0.1) is 23.6 Å². The normalized spacial score (nSPS) is 19.6. The fourth-order valence-electron chi connectivity index (χ4n) is 2.10. The van der Waals surface area contributed by atoms with Gasteiger partial charge in [-0.25, -0.2) is 0 Å². The summed E-state index contributed by atoms with van der Waals surface area (Å²) in [5.74, 6) is 0. The first kappa shape index (κ1) is 13.3. The molecule has 1 aromatic rings. The Morgan fingerprint density at radius 2 is 2.41 bits per heavy atom. The van der Waals surface area contributed by atoms with E-state index >= 15 is 0 Å². The number of hydrogen-bond acceptors (Lipinski definition) is 3. The van der Waals surface area contributed by atoms with Crippen molar-refractivity contribution in [2.75, 3.05) is 19.8 Å². The van der Waals surface area contributed by atoms with Gasteiger partial charge in [0.25, 0.3) is 0 Å². The molecule has 94 valence electrons. The van der Waals surface area contributed by atoms with Crippen molar-refractivity contribution in [1.29, 1.82) is 0 Å². The lowest BCUT2D eigenvalue weighted by atomic mass is 9.77. The van der Waals surface area contributed by atoms with Gasteiger partial charge in [-0.2, -0.15) is 0 Å². The fourth-order valence-corrected chi connectivity index (χ4v) is 3.71. The summed E-state index contributed by atoms with van der Waals surface area (Å²) in [5, 5.41) is 0. The van der Waals surface area contributed by atoms with E-state index in [-0.39, 0.29) is 11.5 Å². The highest BCUT2D eigenvalue weighted by molar-refractivity contribution is 9.11. The minimum atomic E-state index is 0.121. The van der Waals surface area contributed by atoms with Crippen LogP contribution in [0.1, 0.15) is 24.3 Å². The number of rotatable bonds is 6. The molecule has 0 N–H and O–H groups in total. The van der Waals surface area contributed by atoms with Crippen LogP contribution >= 0.6 is 27.3 Å². The molecule has 1 aliphatic rings. The van der Waals surface area contributed by atoms with Gasteiger partial charge in [0.1, 0.15) is 6.10 Å². The van der Waals surface area contributed by atoms with Crippen molar-refractivity contribution < 1.29 is 9.47 Å². The molecule has 2 rings (SSSR count). The number of ether oxygens (including phenoxy) is 2. The molecule has 0 amide bonds. The first-order valence-corrected chi connectivity index (χ1v) is 7.38. The summed E-state index contributed by atoms with van der Waals surface area (Å²) in [4.78, 5) is 1.27. The number of thiophene rings is 1. The summed E-state index contributed by atoms with van der Waals surface area (Å²) in [6.07, 6.45) is 3.00. The van der Waals surface area contributed by atoms with Crippen LogP contribution in [0.2, 0.25) is 0 Å². The van der Waals surface area contributed by atoms with Crippen molar-refractivity contribution in [2.24, 2.45) is 5.41 Å². The average Bonchev–Trinajstić information content (AvgIpc) is 2.68. The standard InChI is InChI=1S/C13H17BrO2S/c1-3-7-16-12(10-5-6-11(14)17-10)13(4-2)8-15-9-13/h3,5-6,12H,1,4,7-9H2,2H3. The van der Waals surface area contributed by atoms with Crippen molar-refractivity contribution >= 4 is 27.3 Å². The van der Waals surface area contributed by atoms with Crippen molar-refractivity contribution in [1.82, 2.24) is 0 Å². The van der Waals surface area contributed by atoms with Crippen LogP contribution < -0.4 is 0 Å². The quantitative estimate of drug-likeness (QED) is 0.733. The summed E-state index contributed by atoms with van der Waals surface area (Å²) >= 11 is 5.25. The van der Waals surface area contributed by atoms with Gasteiger partial charge in [0.15, 0.2) is 0 Å². The Kier molecular flexibility index (Phi) is 4.42. The molecule has 0 spiro atoms. The third kappa shape index (κ3) is 2.65. The third-order valence-electron chi connectivity index (χ3n) is 3.27. The highest BCUT2D eigenvalue weighted by Crippen LogP contribution is 2.47. The second-order valence-corrected chi connectivity index (χ2v) is 6.85. The molecular weight excluding hydrogens is 300 g/mol. The van der Waals surface area contributed by atoms with Crippen molar-refractivity contribution in [3.63, 3.8) is 0 Å². The zero-order valence-corrected chi connectivity index (χ0v) is 12.4. The van der Waals surface area contributed by atoms with Crippen LogP contribution in [0.25, 0.3) is 0 Å². The van der Waals surface area contributed by atoms with Crippen molar-refractivity contribution in [3.05, 3.63) is 33.5 Å². The van der Waals surface area contributed by atoms with E-state index in [2.05, 4.69) is 41.6 Å². The maximum atomic E-state index is 5.98. The molecule has 1 saturated heterocycles. The molecule has 1 aliphatic heterocycles. The molecule has 1 aromatic heterocycles. The molecule has 17 heavy (non-hydrogen) atoms. The molecule has 0 radical (unpaired) electrons. The lowest BCUT2D eigenvalue weighted by Crippen LogP contribution is -2.47. The third-order valence-corrected chi connectivity index (χ3v) is 4.94. The van der Waals surface area contributed by atoms with Crippen LogP contribution in [0.5, 0.6) is 0 Å². The van der Waals surface area contributed by atoms with Gasteiger partial charge in [0.2, 0.25) is 0 Å². The van der Waals surface area contributed by atoms with Crippen LogP contribution in [0, 0.1) is 5.41 Å². The van der Waals surface area contributed by atoms with E-state index in [0.717, 1.165) is 23.4 Å². The minimum absolute atomic E-state index is 0.121. The number of hydrogen-bond donors (Lipinski definition) is 0. The zero-order chi connectivity index (χ0) is 12.3. The van der Waals surface area contributed by atoms with E-state index in [1.54, 1.807) is 17.4 Å². The first-order valence-electron chi connectivity index (χ1n) is 5.77. The highest BCUT2D eigenvalue weighted by Gasteiger charge is 2.46. The molecule has 2 heterocycles. The van der Waals surface area contributed by atoms with Gasteiger partial charge >= 0.3 is 0 Å². The van der Waals surface area contributed by atoms with Gasteiger partial charge in [-0.15, -0.1) is 17.9 Å². The Morgan fingerprint density at radius 1 is 1.65 bits per heavy atom. The Labute approximate surface area is 115 Å². The van der Waals surface area contributed by atoms with Gasteiger partial charge in [0, 0.05) is 10.3 Å². The van der Waals surface area contributed by atoms with Gasteiger partial charge in [-0.05, 0) is 34.5 Å². The lowest BCUT2D eigenvalue weighted by molar-refractivity contribution is -0.188. The SMILES string of the molecule is C=CCOC(c1ccc(Br)s1)C1(CC)COC1. The molecule has 0 aromatic carbocycles. The van der Waals surface area contributed by atoms with Crippen LogP contribution in [-0.4, -0.2) is 19.8 Å². The van der Waals surface area contributed by atoms with Crippen molar-refractivity contribution in [2.45, 2.75) is 19.4 Å². The maximum absolute atomic E-state index is 5.98. The van der Waals surface area contributed by atoms with E-state index in [4.69, 9.17) is 9.47 Å². The molecular formula is C13H17BrO2S. The molecule has 4 heteroatoms. The van der Waals surface area contributed by atoms with Gasteiger partial charge < -0.3 is 9.47 Å². The lowest BCUT2D eigenvalue weighted by Gasteiger charge is -2.46. The van der Waals surface area contributed by atoms with E-state index < -0.39 is 0 Å². The molecule has 1 atom stereocenters.